The number of hydrogen-bond donors (Lipinski definition) is 0. The van der Waals surface area contributed by atoms with Crippen molar-refractivity contribution >= 4 is 40.1 Å². The molecule has 2 aromatic rings. The van der Waals surface area contributed by atoms with Crippen molar-refractivity contribution in [2.24, 2.45) is 5.92 Å². The van der Waals surface area contributed by atoms with Crippen LogP contribution in [0.1, 0.15) is 29.8 Å². The third-order valence-electron chi connectivity index (χ3n) is 7.11. The molecule has 1 unspecified atom stereocenters. The summed E-state index contributed by atoms with van der Waals surface area (Å²) < 4.78 is 38.6. The first-order valence-corrected chi connectivity index (χ1v) is 12.2. The Balaban J connectivity index is 1.22. The van der Waals surface area contributed by atoms with E-state index >= 15 is 0 Å². The second-order valence-corrected chi connectivity index (χ2v) is 9.95. The molecule has 180 valence electrons. The van der Waals surface area contributed by atoms with Gasteiger partial charge in [-0.2, -0.15) is 13.2 Å². The monoisotopic (exact) mass is 490 g/mol. The maximum absolute atomic E-state index is 12.9. The largest absolute Gasteiger partial charge is 0.471 e. The van der Waals surface area contributed by atoms with Gasteiger partial charge in [0.1, 0.15) is 5.01 Å². The van der Waals surface area contributed by atoms with Crippen molar-refractivity contribution in [1.29, 1.82) is 0 Å². The Kier molecular flexibility index (Phi) is 5.97. The van der Waals surface area contributed by atoms with Gasteiger partial charge >= 0.3 is 12.1 Å². The quantitative estimate of drug-likeness (QED) is 0.647. The van der Waals surface area contributed by atoms with Gasteiger partial charge in [-0.1, -0.05) is 6.58 Å². The van der Waals surface area contributed by atoms with Gasteiger partial charge < -0.3 is 9.80 Å². The first-order valence-electron chi connectivity index (χ1n) is 11.4. The highest BCUT2D eigenvalue weighted by molar-refractivity contribution is 7.10. The molecular weight excluding hydrogens is 465 g/mol. The Labute approximate surface area is 199 Å². The number of amides is 2. The Bertz CT molecular complexity index is 1110. The summed E-state index contributed by atoms with van der Waals surface area (Å²) in [5.41, 5.74) is 2.71. The number of aromatic nitrogens is 1. The summed E-state index contributed by atoms with van der Waals surface area (Å²) in [6.45, 7) is 6.57. The fourth-order valence-electron chi connectivity index (χ4n) is 5.27. The van der Waals surface area contributed by atoms with Crippen molar-refractivity contribution in [1.82, 2.24) is 9.88 Å². The molecule has 5 rings (SSSR count). The van der Waals surface area contributed by atoms with Crippen LogP contribution in [0.25, 0.3) is 5.57 Å². The molecule has 10 heteroatoms. The van der Waals surface area contributed by atoms with Crippen molar-refractivity contribution < 1.29 is 22.8 Å². The fourth-order valence-corrected chi connectivity index (χ4v) is 5.96. The van der Waals surface area contributed by atoms with Gasteiger partial charge in [-0.25, -0.2) is 4.98 Å². The molecule has 3 aliphatic heterocycles. The first-order chi connectivity index (χ1) is 16.2. The van der Waals surface area contributed by atoms with Crippen molar-refractivity contribution in [2.75, 3.05) is 36.0 Å². The molecule has 1 atom stereocenters. The molecule has 0 bridgehead atoms. The summed E-state index contributed by atoms with van der Waals surface area (Å²) >= 11 is 1.61. The first kappa shape index (κ1) is 23.0. The number of halogens is 3. The molecule has 1 aromatic heterocycles. The number of fused-ring (bicyclic) bond motifs is 1. The molecule has 0 N–H and O–H groups in total. The molecule has 34 heavy (non-hydrogen) atoms. The molecule has 4 heterocycles. The minimum Gasteiger partial charge on any atom is -0.311 e. The van der Waals surface area contributed by atoms with Crippen LogP contribution in [0.5, 0.6) is 0 Å². The van der Waals surface area contributed by atoms with Gasteiger partial charge in [0, 0.05) is 48.5 Å². The van der Waals surface area contributed by atoms with Gasteiger partial charge in [0.05, 0.1) is 0 Å². The molecule has 2 fully saturated rings. The number of alkyl halides is 3. The Morgan fingerprint density at radius 2 is 1.94 bits per heavy atom. The van der Waals surface area contributed by atoms with Crippen LogP contribution < -0.4 is 9.80 Å². The maximum Gasteiger partial charge on any atom is 0.471 e. The fraction of sp³-hybridized carbons (Fsp3) is 0.458. The normalized spacial score (nSPS) is 21.9. The van der Waals surface area contributed by atoms with Crippen LogP contribution in [0, 0.1) is 5.92 Å². The van der Waals surface area contributed by atoms with Crippen LogP contribution in [0.4, 0.5) is 24.5 Å². The molecule has 2 saturated heterocycles. The number of rotatable bonds is 4. The van der Waals surface area contributed by atoms with Crippen molar-refractivity contribution in [3.8, 4) is 0 Å². The number of anilines is 2. The number of carbonyl (C=O) groups excluding carboxylic acids is 2. The minimum atomic E-state index is -4.90. The van der Waals surface area contributed by atoms with Gasteiger partial charge in [-0.05, 0) is 67.6 Å². The van der Waals surface area contributed by atoms with E-state index in [-0.39, 0.29) is 24.2 Å². The zero-order valence-electron chi connectivity index (χ0n) is 18.6. The highest BCUT2D eigenvalue weighted by Crippen LogP contribution is 2.37. The molecule has 2 amide bonds. The van der Waals surface area contributed by atoms with E-state index in [1.54, 1.807) is 34.6 Å². The number of piperidine rings is 1. The number of likely N-dealkylation sites (tertiary alicyclic amines) is 1. The molecule has 1 aromatic carbocycles. The lowest BCUT2D eigenvalue weighted by atomic mass is 9.89. The lowest BCUT2D eigenvalue weighted by Gasteiger charge is -2.36. The van der Waals surface area contributed by atoms with Crippen LogP contribution in [0.15, 0.2) is 36.4 Å². The smallest absolute Gasteiger partial charge is 0.311 e. The SMILES string of the molecule is C=C(c1nccs1)C1CCN(C2CC(=O)N(c3ccc4c(c3)CCN4C(=O)C(F)(F)F)C2)CC1. The van der Waals surface area contributed by atoms with Crippen molar-refractivity contribution in [3.63, 3.8) is 0 Å². The molecule has 6 nitrogen and oxygen atoms in total. The van der Waals surface area contributed by atoms with Crippen molar-refractivity contribution in [3.05, 3.63) is 46.9 Å². The van der Waals surface area contributed by atoms with Gasteiger partial charge in [-0.3, -0.25) is 14.5 Å². The van der Waals surface area contributed by atoms with Crippen LogP contribution >= 0.6 is 11.3 Å². The Hall–Kier alpha value is -2.72. The number of benzene rings is 1. The van der Waals surface area contributed by atoms with E-state index in [2.05, 4.69) is 16.5 Å². The van der Waals surface area contributed by atoms with Crippen LogP contribution in [0.3, 0.4) is 0 Å². The predicted octanol–water partition coefficient (Wildman–Crippen LogP) is 4.13. The molecule has 0 spiro atoms. The van der Waals surface area contributed by atoms with Gasteiger partial charge in [0.15, 0.2) is 0 Å². The van der Waals surface area contributed by atoms with E-state index in [0.29, 0.717) is 36.6 Å². The zero-order valence-corrected chi connectivity index (χ0v) is 19.4. The molecule has 3 aliphatic rings. The number of allylic oxidation sites excluding steroid dienone is 1. The second-order valence-electron chi connectivity index (χ2n) is 9.05. The van der Waals surface area contributed by atoms with Gasteiger partial charge in [0.2, 0.25) is 5.91 Å². The summed E-state index contributed by atoms with van der Waals surface area (Å²) in [6.07, 6.45) is -0.390. The maximum atomic E-state index is 12.9. The highest BCUT2D eigenvalue weighted by atomic mass is 32.1. The average molecular weight is 491 g/mol. The Morgan fingerprint density at radius 3 is 2.62 bits per heavy atom. The van der Waals surface area contributed by atoms with Crippen LogP contribution in [-0.2, 0) is 16.0 Å². The number of thiazole rings is 1. The Morgan fingerprint density at radius 1 is 1.18 bits per heavy atom. The van der Waals surface area contributed by atoms with Crippen LogP contribution in [0.2, 0.25) is 0 Å². The number of nitrogens with zero attached hydrogens (tertiary/aromatic N) is 4. The van der Waals surface area contributed by atoms with E-state index in [0.717, 1.165) is 41.4 Å². The van der Waals surface area contributed by atoms with E-state index in [1.807, 2.05) is 5.38 Å². The topological polar surface area (TPSA) is 56.8 Å². The van der Waals surface area contributed by atoms with Crippen molar-refractivity contribution in [2.45, 2.75) is 37.9 Å². The summed E-state index contributed by atoms with van der Waals surface area (Å²) in [6, 6.07) is 5.03. The lowest BCUT2D eigenvalue weighted by molar-refractivity contribution is -0.170. The van der Waals surface area contributed by atoms with E-state index in [9.17, 15) is 22.8 Å². The summed E-state index contributed by atoms with van der Waals surface area (Å²) in [5.74, 6) is -1.44. The third kappa shape index (κ3) is 4.24. The molecule has 0 aliphatic carbocycles. The van der Waals surface area contributed by atoms with E-state index in [4.69, 9.17) is 0 Å². The minimum absolute atomic E-state index is 0.00503. The third-order valence-corrected chi connectivity index (χ3v) is 7.96. The molecule has 0 saturated carbocycles. The van der Waals surface area contributed by atoms with Crippen LogP contribution in [-0.4, -0.2) is 60.1 Å². The van der Waals surface area contributed by atoms with E-state index < -0.39 is 12.1 Å². The summed E-state index contributed by atoms with van der Waals surface area (Å²) in [4.78, 5) is 33.7. The second kappa shape index (κ2) is 8.81. The zero-order chi connectivity index (χ0) is 24.0. The van der Waals surface area contributed by atoms with E-state index in [1.165, 1.54) is 6.07 Å². The van der Waals surface area contributed by atoms with Gasteiger partial charge in [-0.15, -0.1) is 11.3 Å². The molecular formula is C24H25F3N4O2S. The number of carbonyl (C=O) groups is 2. The molecule has 0 radical (unpaired) electrons. The number of hydrogen-bond acceptors (Lipinski definition) is 5. The predicted molar refractivity (Wildman–Crippen MR) is 125 cm³/mol. The van der Waals surface area contributed by atoms with Gasteiger partial charge in [0.25, 0.3) is 0 Å². The highest BCUT2D eigenvalue weighted by Gasteiger charge is 2.45. The average Bonchev–Trinajstić information content (AvgIpc) is 3.57. The summed E-state index contributed by atoms with van der Waals surface area (Å²) in [7, 11) is 0. The standard InChI is InChI=1S/C24H25F3N4O2S/c1-15(22-28-7-11-34-22)16-4-8-29(9-5-16)19-13-21(32)31(14-19)18-2-3-20-17(12-18)6-10-30(20)23(33)24(25,26)27/h2-3,7,11-12,16,19H,1,4-6,8-10,13-14H2. The summed E-state index contributed by atoms with van der Waals surface area (Å²) in [5, 5.41) is 2.95. The lowest BCUT2D eigenvalue weighted by Crippen LogP contribution is -2.43.